The average molecular weight is 272 g/mol. The van der Waals surface area contributed by atoms with Gasteiger partial charge in [0.25, 0.3) is 0 Å². The molecular formula is C11H16N2O4S. The predicted octanol–water partition coefficient (Wildman–Crippen LogP) is 0.146. The largest absolute Gasteiger partial charge is 0.480 e. The Balaban J connectivity index is 0.000000494. The summed E-state index contributed by atoms with van der Waals surface area (Å²) in [6.07, 6.45) is 0.444. The minimum absolute atomic E-state index is 0.278. The first-order valence-electron chi connectivity index (χ1n) is 5.09. The maximum absolute atomic E-state index is 10.6. The number of nitrogens with two attached hydrogens (primary N) is 1. The number of carbonyl (C=O) groups is 2. The van der Waals surface area contributed by atoms with Gasteiger partial charge in [0, 0.05) is 0 Å². The molecular weight excluding hydrogens is 256 g/mol. The number of hydrogen-bond donors (Lipinski definition) is 5. The van der Waals surface area contributed by atoms with Gasteiger partial charge in [0.05, 0.1) is 6.54 Å². The van der Waals surface area contributed by atoms with Crippen LogP contribution in [-0.4, -0.2) is 34.7 Å². The standard InChI is InChI=1S/C9H11NO2S.C2H5NO2/c11-9(12)8(10-13)6-7-4-2-1-3-5-7;3-1-2(4)5/h1-5,8,10,13H,6H2,(H,11,12);1,3H2,(H,4,5). The Morgan fingerprint density at radius 2 is 1.78 bits per heavy atom. The van der Waals surface area contributed by atoms with Gasteiger partial charge in [-0.2, -0.15) is 0 Å². The van der Waals surface area contributed by atoms with Gasteiger partial charge in [0.15, 0.2) is 0 Å². The first kappa shape index (κ1) is 16.4. The smallest absolute Gasteiger partial charge is 0.321 e. The fourth-order valence-electron chi connectivity index (χ4n) is 1.04. The van der Waals surface area contributed by atoms with Crippen LogP contribution in [0.15, 0.2) is 30.3 Å². The summed E-state index contributed by atoms with van der Waals surface area (Å²) in [7, 11) is 0. The van der Waals surface area contributed by atoms with E-state index in [0.29, 0.717) is 6.42 Å². The summed E-state index contributed by atoms with van der Waals surface area (Å²) >= 11 is 3.75. The summed E-state index contributed by atoms with van der Waals surface area (Å²) in [5, 5.41) is 16.3. The van der Waals surface area contributed by atoms with Crippen LogP contribution in [0.2, 0.25) is 0 Å². The number of carboxylic acids is 2. The van der Waals surface area contributed by atoms with Crippen LogP contribution in [0.3, 0.4) is 0 Å². The Labute approximate surface area is 110 Å². The van der Waals surface area contributed by atoms with Gasteiger partial charge in [0.1, 0.15) is 6.04 Å². The van der Waals surface area contributed by atoms with Crippen LogP contribution < -0.4 is 10.5 Å². The number of carboxylic acid groups (broad SMARTS) is 2. The molecule has 5 N–H and O–H groups in total. The summed E-state index contributed by atoms with van der Waals surface area (Å²) < 4.78 is 2.44. The van der Waals surface area contributed by atoms with Crippen LogP contribution in [0.5, 0.6) is 0 Å². The molecule has 0 aliphatic carbocycles. The SMILES string of the molecule is NCC(=O)O.O=C(O)C(Cc1ccccc1)NS. The van der Waals surface area contributed by atoms with E-state index in [4.69, 9.17) is 10.2 Å². The molecule has 1 aromatic carbocycles. The summed E-state index contributed by atoms with van der Waals surface area (Å²) in [4.78, 5) is 19.9. The van der Waals surface area contributed by atoms with Gasteiger partial charge in [-0.1, -0.05) is 43.1 Å². The van der Waals surface area contributed by atoms with Crippen molar-refractivity contribution in [3.05, 3.63) is 35.9 Å². The van der Waals surface area contributed by atoms with Gasteiger partial charge in [-0.3, -0.25) is 14.3 Å². The van der Waals surface area contributed by atoms with Crippen molar-refractivity contribution in [1.82, 2.24) is 4.72 Å². The Bertz CT molecular complexity index is 373. The molecule has 7 heteroatoms. The molecule has 1 atom stereocenters. The molecule has 1 aromatic rings. The van der Waals surface area contributed by atoms with Crippen LogP contribution in [0.25, 0.3) is 0 Å². The van der Waals surface area contributed by atoms with Crippen molar-refractivity contribution < 1.29 is 19.8 Å². The number of aliphatic carboxylic acids is 2. The van der Waals surface area contributed by atoms with Crippen LogP contribution in [0.4, 0.5) is 0 Å². The van der Waals surface area contributed by atoms with E-state index < -0.39 is 18.0 Å². The highest BCUT2D eigenvalue weighted by Crippen LogP contribution is 2.03. The number of rotatable bonds is 5. The topological polar surface area (TPSA) is 113 Å². The van der Waals surface area contributed by atoms with Crippen molar-refractivity contribution >= 4 is 24.8 Å². The zero-order valence-corrected chi connectivity index (χ0v) is 10.5. The summed E-state index contributed by atoms with van der Waals surface area (Å²) in [5.41, 5.74) is 5.55. The maximum atomic E-state index is 10.6. The van der Waals surface area contributed by atoms with Crippen LogP contribution >= 0.6 is 12.8 Å². The van der Waals surface area contributed by atoms with Crippen molar-refractivity contribution in [2.45, 2.75) is 12.5 Å². The molecule has 0 radical (unpaired) electrons. The monoisotopic (exact) mass is 272 g/mol. The normalized spacial score (nSPS) is 11.0. The molecule has 0 aliphatic heterocycles. The number of thiol groups is 1. The Morgan fingerprint density at radius 1 is 1.28 bits per heavy atom. The summed E-state index contributed by atoms with van der Waals surface area (Å²) in [5.74, 6) is -1.86. The highest BCUT2D eigenvalue weighted by molar-refractivity contribution is 7.78. The lowest BCUT2D eigenvalue weighted by Gasteiger charge is -2.09. The Morgan fingerprint density at radius 3 is 2.11 bits per heavy atom. The van der Waals surface area contributed by atoms with Gasteiger partial charge in [-0.15, -0.1) is 0 Å². The first-order chi connectivity index (χ1) is 8.51. The van der Waals surface area contributed by atoms with Gasteiger partial charge in [-0.25, -0.2) is 0 Å². The molecule has 100 valence electrons. The third-order valence-corrected chi connectivity index (χ3v) is 2.22. The third kappa shape index (κ3) is 7.66. The third-order valence-electron chi connectivity index (χ3n) is 1.91. The molecule has 0 spiro atoms. The van der Waals surface area contributed by atoms with E-state index in [-0.39, 0.29) is 6.54 Å². The molecule has 0 aromatic heterocycles. The van der Waals surface area contributed by atoms with E-state index in [0.717, 1.165) is 5.56 Å². The van der Waals surface area contributed by atoms with Crippen LogP contribution in [-0.2, 0) is 16.0 Å². The second kappa shape index (κ2) is 9.46. The molecule has 1 unspecified atom stereocenters. The minimum Gasteiger partial charge on any atom is -0.480 e. The van der Waals surface area contributed by atoms with Crippen LogP contribution in [0, 0.1) is 0 Å². The minimum atomic E-state index is -0.968. The first-order valence-corrected chi connectivity index (χ1v) is 5.54. The Kier molecular flexibility index (Phi) is 8.63. The second-order valence-electron chi connectivity index (χ2n) is 3.31. The Hall–Kier alpha value is -1.57. The molecule has 0 saturated heterocycles. The molecule has 6 nitrogen and oxygen atoms in total. The van der Waals surface area contributed by atoms with Crippen molar-refractivity contribution in [2.24, 2.45) is 5.73 Å². The second-order valence-corrected chi connectivity index (χ2v) is 3.57. The van der Waals surface area contributed by atoms with Crippen molar-refractivity contribution in [3.8, 4) is 0 Å². The molecule has 0 amide bonds. The number of benzene rings is 1. The lowest BCUT2D eigenvalue weighted by atomic mass is 10.1. The molecule has 18 heavy (non-hydrogen) atoms. The van der Waals surface area contributed by atoms with Gasteiger partial charge in [-0.05, 0) is 12.0 Å². The fraction of sp³-hybridized carbons (Fsp3) is 0.273. The summed E-state index contributed by atoms with van der Waals surface area (Å²) in [6.45, 7) is -0.278. The number of nitrogens with one attached hydrogen (secondary N) is 1. The zero-order chi connectivity index (χ0) is 14.0. The van der Waals surface area contributed by atoms with E-state index in [1.807, 2.05) is 30.3 Å². The van der Waals surface area contributed by atoms with Crippen molar-refractivity contribution in [1.29, 1.82) is 0 Å². The predicted molar refractivity (Wildman–Crippen MR) is 70.4 cm³/mol. The number of hydrogen-bond acceptors (Lipinski definition) is 5. The molecule has 0 aliphatic rings. The quantitative estimate of drug-likeness (QED) is 0.488. The van der Waals surface area contributed by atoms with Crippen LogP contribution in [0.1, 0.15) is 5.56 Å². The molecule has 0 fully saturated rings. The van der Waals surface area contributed by atoms with E-state index in [1.165, 1.54) is 0 Å². The van der Waals surface area contributed by atoms with Gasteiger partial charge >= 0.3 is 11.9 Å². The van der Waals surface area contributed by atoms with Crippen molar-refractivity contribution in [3.63, 3.8) is 0 Å². The van der Waals surface area contributed by atoms with Gasteiger partial charge < -0.3 is 15.9 Å². The maximum Gasteiger partial charge on any atom is 0.321 e. The lowest BCUT2D eigenvalue weighted by molar-refractivity contribution is -0.139. The lowest BCUT2D eigenvalue weighted by Crippen LogP contribution is -2.32. The molecule has 0 heterocycles. The average Bonchev–Trinajstić information content (AvgIpc) is 2.37. The van der Waals surface area contributed by atoms with Crippen molar-refractivity contribution in [2.75, 3.05) is 6.54 Å². The zero-order valence-electron chi connectivity index (χ0n) is 9.61. The fourth-order valence-corrected chi connectivity index (χ4v) is 1.24. The van der Waals surface area contributed by atoms with Gasteiger partial charge in [0.2, 0.25) is 0 Å². The van der Waals surface area contributed by atoms with E-state index in [9.17, 15) is 9.59 Å². The molecule has 0 saturated carbocycles. The van der Waals surface area contributed by atoms with E-state index in [2.05, 4.69) is 23.3 Å². The van der Waals surface area contributed by atoms with E-state index in [1.54, 1.807) is 0 Å². The highest BCUT2D eigenvalue weighted by atomic mass is 32.1. The highest BCUT2D eigenvalue weighted by Gasteiger charge is 2.15. The van der Waals surface area contributed by atoms with E-state index >= 15 is 0 Å². The molecule has 1 rings (SSSR count). The molecule has 0 bridgehead atoms. The summed E-state index contributed by atoms with van der Waals surface area (Å²) in [6, 6.07) is 8.81.